The van der Waals surface area contributed by atoms with Crippen LogP contribution in [0.2, 0.25) is 0 Å². The number of benzene rings is 3. The maximum absolute atomic E-state index is 13.8. The van der Waals surface area contributed by atoms with Crippen molar-refractivity contribution in [2.75, 3.05) is 31.6 Å². The molecule has 51 heavy (non-hydrogen) atoms. The number of carbonyl (C=O) groups is 2. The quantitative estimate of drug-likeness (QED) is 0.201. The van der Waals surface area contributed by atoms with Crippen LogP contribution in [0, 0.1) is 5.92 Å². The molecular formula is C43H49N5O3. The first-order valence-corrected chi connectivity index (χ1v) is 18.0. The largest absolute Gasteiger partial charge is 0.378 e. The molecule has 1 amide bonds. The van der Waals surface area contributed by atoms with Crippen molar-refractivity contribution in [2.24, 2.45) is 10.9 Å². The van der Waals surface area contributed by atoms with E-state index in [9.17, 15) is 9.59 Å². The Labute approximate surface area is 301 Å². The number of allylic oxidation sites excluding steroid dienone is 2. The number of hydrogen-bond donors (Lipinski definition) is 1. The molecule has 0 saturated carbocycles. The minimum atomic E-state index is -0.0766. The lowest BCUT2D eigenvalue weighted by atomic mass is 9.87. The summed E-state index contributed by atoms with van der Waals surface area (Å²) in [7, 11) is 0. The van der Waals surface area contributed by atoms with E-state index in [2.05, 4.69) is 63.2 Å². The van der Waals surface area contributed by atoms with Gasteiger partial charge in [-0.1, -0.05) is 77.5 Å². The van der Waals surface area contributed by atoms with Gasteiger partial charge in [0.15, 0.2) is 5.84 Å². The highest BCUT2D eigenvalue weighted by atomic mass is 16.5. The first-order valence-electron chi connectivity index (χ1n) is 18.0. The fourth-order valence-electron chi connectivity index (χ4n) is 6.61. The van der Waals surface area contributed by atoms with Crippen molar-refractivity contribution in [3.63, 3.8) is 0 Å². The maximum Gasteiger partial charge on any atom is 0.262 e. The van der Waals surface area contributed by atoms with Crippen molar-refractivity contribution in [1.82, 2.24) is 14.4 Å². The molecule has 2 aliphatic rings. The van der Waals surface area contributed by atoms with Gasteiger partial charge < -0.3 is 19.9 Å². The van der Waals surface area contributed by atoms with Crippen LogP contribution in [-0.2, 0) is 10.2 Å². The maximum atomic E-state index is 13.8. The van der Waals surface area contributed by atoms with Crippen molar-refractivity contribution in [2.45, 2.75) is 59.8 Å². The number of amidine groups is 1. The number of morpholine rings is 1. The number of fused-ring (bicyclic) bond motifs is 1. The Morgan fingerprint density at radius 1 is 0.941 bits per heavy atom. The molecule has 4 aromatic rings. The molecule has 1 N–H and O–H groups in total. The summed E-state index contributed by atoms with van der Waals surface area (Å²) in [6, 6.07) is 23.5. The molecule has 0 bridgehead atoms. The molecule has 264 valence electrons. The number of ether oxygens (including phenoxy) is 1. The molecule has 8 heteroatoms. The fraction of sp³-hybridized carbons (Fsp3) is 0.326. The summed E-state index contributed by atoms with van der Waals surface area (Å²) in [6.07, 6.45) is 12.4. The van der Waals surface area contributed by atoms with E-state index in [0.717, 1.165) is 46.4 Å². The van der Waals surface area contributed by atoms with E-state index in [-0.39, 0.29) is 17.2 Å². The van der Waals surface area contributed by atoms with E-state index in [0.29, 0.717) is 49.2 Å². The van der Waals surface area contributed by atoms with Gasteiger partial charge in [-0.2, -0.15) is 0 Å². The van der Waals surface area contributed by atoms with Crippen molar-refractivity contribution in [3.05, 3.63) is 131 Å². The number of carbonyl (C=O) groups excluding carboxylic acids is 2. The summed E-state index contributed by atoms with van der Waals surface area (Å²) in [5.41, 5.74) is 6.76. The van der Waals surface area contributed by atoms with E-state index in [4.69, 9.17) is 9.73 Å². The second-order valence-corrected chi connectivity index (χ2v) is 14.3. The lowest BCUT2D eigenvalue weighted by Crippen LogP contribution is -2.40. The number of aromatic nitrogens is 1. The highest BCUT2D eigenvalue weighted by Crippen LogP contribution is 2.33. The fourth-order valence-corrected chi connectivity index (χ4v) is 6.61. The average Bonchev–Trinajstić information content (AvgIpc) is 3.57. The van der Waals surface area contributed by atoms with Gasteiger partial charge in [-0.25, -0.2) is 4.99 Å². The van der Waals surface area contributed by atoms with Crippen LogP contribution in [0.1, 0.15) is 86.2 Å². The Morgan fingerprint density at radius 2 is 1.63 bits per heavy atom. The number of rotatable bonds is 8. The Balaban J connectivity index is 1.36. The van der Waals surface area contributed by atoms with Crippen LogP contribution in [-0.4, -0.2) is 58.3 Å². The molecule has 1 atom stereocenters. The second-order valence-electron chi connectivity index (χ2n) is 14.3. The van der Waals surface area contributed by atoms with E-state index >= 15 is 0 Å². The van der Waals surface area contributed by atoms with Crippen molar-refractivity contribution in [1.29, 1.82) is 0 Å². The number of nitrogens with one attached hydrogen (secondary N) is 1. The smallest absolute Gasteiger partial charge is 0.262 e. The van der Waals surface area contributed by atoms with Gasteiger partial charge in [0.25, 0.3) is 11.8 Å². The van der Waals surface area contributed by atoms with Gasteiger partial charge in [0.05, 0.1) is 30.1 Å². The SMILES string of the molecule is C/C=C\N1C=C(c2cccc3c2ccn3C(=O)c2ccc(C(C)(C)C)cc2)N=C(Nc2ccc(C(=O)N3CCOCC3)cc2)/C1=C\C(C)CCC. The predicted octanol–water partition coefficient (Wildman–Crippen LogP) is 9.08. The molecule has 6 rings (SSSR count). The van der Waals surface area contributed by atoms with Crippen molar-refractivity contribution < 1.29 is 14.3 Å². The van der Waals surface area contributed by atoms with Gasteiger partial charge in [-0.15, -0.1) is 0 Å². The average molecular weight is 684 g/mol. The molecule has 0 spiro atoms. The third-order valence-electron chi connectivity index (χ3n) is 9.43. The minimum absolute atomic E-state index is 0.00799. The zero-order chi connectivity index (χ0) is 36.1. The van der Waals surface area contributed by atoms with Crippen molar-refractivity contribution in [3.8, 4) is 0 Å². The van der Waals surface area contributed by atoms with Crippen LogP contribution >= 0.6 is 0 Å². The van der Waals surface area contributed by atoms with Gasteiger partial charge in [0.1, 0.15) is 0 Å². The highest BCUT2D eigenvalue weighted by molar-refractivity contribution is 6.12. The zero-order valence-corrected chi connectivity index (χ0v) is 30.6. The third-order valence-corrected chi connectivity index (χ3v) is 9.43. The van der Waals surface area contributed by atoms with Crippen LogP contribution in [0.25, 0.3) is 16.6 Å². The Kier molecular flexibility index (Phi) is 10.7. The molecule has 1 unspecified atom stereocenters. The Bertz CT molecular complexity index is 2000. The second kappa shape index (κ2) is 15.4. The molecule has 0 aliphatic carbocycles. The predicted molar refractivity (Wildman–Crippen MR) is 208 cm³/mol. The van der Waals surface area contributed by atoms with Gasteiger partial charge >= 0.3 is 0 Å². The molecule has 0 radical (unpaired) electrons. The van der Waals surface area contributed by atoms with Crippen LogP contribution in [0.5, 0.6) is 0 Å². The molecule has 1 fully saturated rings. The van der Waals surface area contributed by atoms with Gasteiger partial charge in [-0.05, 0) is 78.8 Å². The first kappa shape index (κ1) is 35.6. The van der Waals surface area contributed by atoms with E-state index in [1.54, 1.807) is 4.57 Å². The zero-order valence-electron chi connectivity index (χ0n) is 30.6. The summed E-state index contributed by atoms with van der Waals surface area (Å²) >= 11 is 0. The topological polar surface area (TPSA) is 79.2 Å². The van der Waals surface area contributed by atoms with E-state index < -0.39 is 0 Å². The number of aliphatic imine (C=N–C) groups is 1. The summed E-state index contributed by atoms with van der Waals surface area (Å²) < 4.78 is 7.14. The Morgan fingerprint density at radius 3 is 2.29 bits per heavy atom. The molecule has 3 heterocycles. The van der Waals surface area contributed by atoms with Gasteiger partial charge in [0.2, 0.25) is 0 Å². The summed E-state index contributed by atoms with van der Waals surface area (Å²) in [6.45, 7) is 15.3. The first-order chi connectivity index (χ1) is 24.6. The summed E-state index contributed by atoms with van der Waals surface area (Å²) in [5.74, 6) is 0.965. The number of nitrogens with zero attached hydrogens (tertiary/aromatic N) is 4. The molecular weight excluding hydrogens is 635 g/mol. The third kappa shape index (κ3) is 7.92. The van der Waals surface area contributed by atoms with Crippen LogP contribution < -0.4 is 5.32 Å². The number of hydrogen-bond acceptors (Lipinski definition) is 6. The lowest BCUT2D eigenvalue weighted by molar-refractivity contribution is 0.0303. The summed E-state index contributed by atoms with van der Waals surface area (Å²) in [4.78, 5) is 36.1. The Hall–Kier alpha value is -5.21. The normalized spacial score (nSPS) is 16.8. The summed E-state index contributed by atoms with van der Waals surface area (Å²) in [5, 5.41) is 4.52. The minimum Gasteiger partial charge on any atom is -0.378 e. The number of amides is 1. The molecule has 3 aromatic carbocycles. The highest BCUT2D eigenvalue weighted by Gasteiger charge is 2.24. The molecule has 2 aliphatic heterocycles. The number of anilines is 1. The molecule has 1 aromatic heterocycles. The van der Waals surface area contributed by atoms with Gasteiger partial charge in [0, 0.05) is 59.5 Å². The van der Waals surface area contributed by atoms with Crippen LogP contribution in [0.3, 0.4) is 0 Å². The van der Waals surface area contributed by atoms with Crippen LogP contribution in [0.4, 0.5) is 5.69 Å². The monoisotopic (exact) mass is 683 g/mol. The molecule has 8 nitrogen and oxygen atoms in total. The van der Waals surface area contributed by atoms with E-state index in [1.807, 2.05) is 97.0 Å². The van der Waals surface area contributed by atoms with E-state index in [1.165, 1.54) is 5.56 Å². The van der Waals surface area contributed by atoms with Crippen molar-refractivity contribution >= 4 is 39.9 Å². The lowest BCUT2D eigenvalue weighted by Gasteiger charge is -2.28. The van der Waals surface area contributed by atoms with Crippen LogP contribution in [0.15, 0.2) is 114 Å². The molecule has 1 saturated heterocycles. The van der Waals surface area contributed by atoms with Gasteiger partial charge in [-0.3, -0.25) is 14.2 Å². The standard InChI is InChI=1S/C43H49N5O3/c1-7-10-30(3)28-39-40(44-34-19-15-31(16-20-34)41(49)46-24-26-51-27-25-46)45-37(29-47(39)22-8-2)35-11-9-12-38-36(35)21-23-48(38)42(50)32-13-17-33(18-14-32)43(4,5)6/h8-9,11-23,28-30H,7,10,24-27H2,1-6H3,(H,44,45)/b22-8-,39-28+.